The van der Waals surface area contributed by atoms with Gasteiger partial charge in [-0.3, -0.25) is 4.79 Å². The van der Waals surface area contributed by atoms with Gasteiger partial charge in [0, 0.05) is 5.56 Å². The number of anilines is 1. The lowest BCUT2D eigenvalue weighted by Crippen LogP contribution is -2.17. The molecule has 0 fully saturated rings. The quantitative estimate of drug-likeness (QED) is 0.302. The Morgan fingerprint density at radius 2 is 1.55 bits per heavy atom. The van der Waals surface area contributed by atoms with Crippen LogP contribution in [-0.2, 0) is 16.0 Å². The Balaban J connectivity index is 1.46. The summed E-state index contributed by atoms with van der Waals surface area (Å²) in [7, 11) is 0. The van der Waals surface area contributed by atoms with Crippen molar-refractivity contribution in [2.75, 3.05) is 25.1 Å². The first-order valence-electron chi connectivity index (χ1n) is 11.1. The van der Waals surface area contributed by atoms with Crippen molar-refractivity contribution in [1.29, 1.82) is 0 Å². The molecule has 0 bridgehead atoms. The molecule has 6 heteroatoms. The second kappa shape index (κ2) is 12.9. The number of nitrogens with one attached hydrogen (secondary N) is 1. The summed E-state index contributed by atoms with van der Waals surface area (Å²) in [5, 5.41) is 2.82. The molecule has 0 radical (unpaired) electrons. The molecule has 0 heterocycles. The Bertz CT molecular complexity index is 1020. The van der Waals surface area contributed by atoms with Gasteiger partial charge in [0.15, 0.2) is 6.61 Å². The van der Waals surface area contributed by atoms with Crippen LogP contribution in [0.25, 0.3) is 0 Å². The molecule has 3 aromatic carbocycles. The summed E-state index contributed by atoms with van der Waals surface area (Å²) >= 11 is 0. The Hall–Kier alpha value is -3.80. The maximum absolute atomic E-state index is 12.7. The molecule has 1 N–H and O–H groups in total. The number of rotatable bonds is 12. The summed E-state index contributed by atoms with van der Waals surface area (Å²) in [6.07, 6.45) is 3.05. The monoisotopic (exact) mass is 447 g/mol. The molecule has 33 heavy (non-hydrogen) atoms. The van der Waals surface area contributed by atoms with Crippen LogP contribution in [0.1, 0.15) is 35.7 Å². The maximum Gasteiger partial charge on any atom is 0.344 e. The molecule has 0 aliphatic rings. The minimum atomic E-state index is -0.464. The van der Waals surface area contributed by atoms with Crippen molar-refractivity contribution in [2.24, 2.45) is 0 Å². The number of hydrogen-bond donors (Lipinski definition) is 1. The van der Waals surface area contributed by atoms with E-state index in [0.717, 1.165) is 25.0 Å². The number of para-hydroxylation sites is 2. The molecular weight excluding hydrogens is 418 g/mol. The predicted molar refractivity (Wildman–Crippen MR) is 128 cm³/mol. The number of esters is 1. The highest BCUT2D eigenvalue weighted by Gasteiger charge is 2.11. The molecule has 1 amide bonds. The van der Waals surface area contributed by atoms with Gasteiger partial charge < -0.3 is 19.5 Å². The van der Waals surface area contributed by atoms with Crippen molar-refractivity contribution < 1.29 is 23.8 Å². The van der Waals surface area contributed by atoms with Crippen molar-refractivity contribution in [1.82, 2.24) is 0 Å². The highest BCUT2D eigenvalue weighted by atomic mass is 16.6. The molecule has 0 spiro atoms. The van der Waals surface area contributed by atoms with Gasteiger partial charge in [-0.1, -0.05) is 42.5 Å². The largest absolute Gasteiger partial charge is 0.494 e. The first-order valence-corrected chi connectivity index (χ1v) is 11.1. The molecule has 6 nitrogen and oxygen atoms in total. The van der Waals surface area contributed by atoms with Crippen LogP contribution < -0.4 is 14.8 Å². The fraction of sp³-hybridized carbons (Fsp3) is 0.259. The predicted octanol–water partition coefficient (Wildman–Crippen LogP) is 5.28. The second-order valence-electron chi connectivity index (χ2n) is 7.36. The zero-order chi connectivity index (χ0) is 23.3. The molecule has 0 saturated heterocycles. The van der Waals surface area contributed by atoms with E-state index in [4.69, 9.17) is 14.2 Å². The van der Waals surface area contributed by atoms with Gasteiger partial charge in [0.2, 0.25) is 0 Å². The Morgan fingerprint density at radius 3 is 2.30 bits per heavy atom. The van der Waals surface area contributed by atoms with Crippen LogP contribution in [-0.4, -0.2) is 31.7 Å². The van der Waals surface area contributed by atoms with E-state index in [1.807, 2.05) is 6.07 Å². The van der Waals surface area contributed by atoms with Crippen LogP contribution in [0, 0.1) is 0 Å². The fourth-order valence-corrected chi connectivity index (χ4v) is 3.20. The van der Waals surface area contributed by atoms with Crippen molar-refractivity contribution in [3.63, 3.8) is 0 Å². The summed E-state index contributed by atoms with van der Waals surface area (Å²) < 4.78 is 16.1. The number of benzene rings is 3. The van der Waals surface area contributed by atoms with Crippen LogP contribution >= 0.6 is 0 Å². The van der Waals surface area contributed by atoms with E-state index in [2.05, 4.69) is 29.6 Å². The Kier molecular flexibility index (Phi) is 9.33. The van der Waals surface area contributed by atoms with Gasteiger partial charge in [-0.05, 0) is 68.1 Å². The lowest BCUT2D eigenvalue weighted by atomic mass is 10.1. The molecule has 172 valence electrons. The van der Waals surface area contributed by atoms with E-state index in [0.29, 0.717) is 23.6 Å². The summed E-state index contributed by atoms with van der Waals surface area (Å²) in [6, 6.07) is 24.4. The Morgan fingerprint density at radius 1 is 0.818 bits per heavy atom. The van der Waals surface area contributed by atoms with E-state index in [1.165, 1.54) is 5.56 Å². The third kappa shape index (κ3) is 8.00. The summed E-state index contributed by atoms with van der Waals surface area (Å²) in [4.78, 5) is 24.2. The van der Waals surface area contributed by atoms with E-state index >= 15 is 0 Å². The van der Waals surface area contributed by atoms with Crippen molar-refractivity contribution in [2.45, 2.75) is 26.2 Å². The highest BCUT2D eigenvalue weighted by molar-refractivity contribution is 6.05. The number of unbranched alkanes of at least 4 members (excludes halogenated alkanes) is 1. The van der Waals surface area contributed by atoms with Crippen LogP contribution in [0.15, 0.2) is 78.9 Å². The second-order valence-corrected chi connectivity index (χ2v) is 7.36. The van der Waals surface area contributed by atoms with E-state index in [-0.39, 0.29) is 19.1 Å². The van der Waals surface area contributed by atoms with Gasteiger partial charge in [0.05, 0.1) is 18.9 Å². The summed E-state index contributed by atoms with van der Waals surface area (Å²) in [5.41, 5.74) is 2.30. The van der Waals surface area contributed by atoms with Gasteiger partial charge in [0.25, 0.3) is 5.91 Å². The zero-order valence-corrected chi connectivity index (χ0v) is 18.8. The van der Waals surface area contributed by atoms with Gasteiger partial charge in [-0.15, -0.1) is 0 Å². The topological polar surface area (TPSA) is 73.9 Å². The standard InChI is InChI=1S/C27H29NO5/c1-2-31-26(29)20-33-25-14-7-6-13-24(25)28-27(30)22-15-17-23(18-16-22)32-19-9-8-12-21-10-4-3-5-11-21/h3-7,10-11,13-18H,2,8-9,12,19-20H2,1H3,(H,28,30). The maximum atomic E-state index is 12.7. The molecule has 0 saturated carbocycles. The number of carbonyl (C=O) groups is 2. The van der Waals surface area contributed by atoms with E-state index in [9.17, 15) is 9.59 Å². The molecule has 0 aromatic heterocycles. The molecular formula is C27H29NO5. The number of amides is 1. The number of hydrogen-bond acceptors (Lipinski definition) is 5. The molecule has 0 unspecified atom stereocenters. The average Bonchev–Trinajstić information content (AvgIpc) is 2.84. The summed E-state index contributed by atoms with van der Waals surface area (Å²) in [6.45, 7) is 2.42. The number of aryl methyl sites for hydroxylation is 1. The van der Waals surface area contributed by atoms with Crippen molar-refractivity contribution in [3.05, 3.63) is 90.0 Å². The molecule has 0 atom stereocenters. The lowest BCUT2D eigenvalue weighted by Gasteiger charge is -2.12. The first kappa shape index (κ1) is 23.9. The molecule has 3 aromatic rings. The van der Waals surface area contributed by atoms with Gasteiger partial charge >= 0.3 is 5.97 Å². The van der Waals surface area contributed by atoms with Gasteiger partial charge in [0.1, 0.15) is 11.5 Å². The Labute approximate surface area is 194 Å². The molecule has 3 rings (SSSR count). The van der Waals surface area contributed by atoms with Crippen LogP contribution in [0.4, 0.5) is 5.69 Å². The van der Waals surface area contributed by atoms with Gasteiger partial charge in [-0.2, -0.15) is 0 Å². The average molecular weight is 448 g/mol. The van der Waals surface area contributed by atoms with Crippen molar-refractivity contribution in [3.8, 4) is 11.5 Å². The third-order valence-corrected chi connectivity index (χ3v) is 4.87. The molecule has 0 aliphatic heterocycles. The van der Waals surface area contributed by atoms with Crippen LogP contribution in [0.2, 0.25) is 0 Å². The first-order chi connectivity index (χ1) is 16.2. The number of ether oxygens (including phenoxy) is 3. The van der Waals surface area contributed by atoms with Crippen LogP contribution in [0.5, 0.6) is 11.5 Å². The number of carbonyl (C=O) groups excluding carboxylic acids is 2. The summed E-state index contributed by atoms with van der Waals surface area (Å²) in [5.74, 6) is 0.379. The zero-order valence-electron chi connectivity index (χ0n) is 18.8. The van der Waals surface area contributed by atoms with E-state index in [1.54, 1.807) is 55.5 Å². The highest BCUT2D eigenvalue weighted by Crippen LogP contribution is 2.25. The van der Waals surface area contributed by atoms with Crippen LogP contribution in [0.3, 0.4) is 0 Å². The van der Waals surface area contributed by atoms with Gasteiger partial charge in [-0.25, -0.2) is 4.79 Å². The SMILES string of the molecule is CCOC(=O)COc1ccccc1NC(=O)c1ccc(OCCCCc2ccccc2)cc1. The third-order valence-electron chi connectivity index (χ3n) is 4.87. The normalized spacial score (nSPS) is 10.3. The minimum absolute atomic E-state index is 0.224. The fourth-order valence-electron chi connectivity index (χ4n) is 3.20. The smallest absolute Gasteiger partial charge is 0.344 e. The molecule has 0 aliphatic carbocycles. The lowest BCUT2D eigenvalue weighted by molar-refractivity contribution is -0.145. The minimum Gasteiger partial charge on any atom is -0.494 e. The van der Waals surface area contributed by atoms with E-state index < -0.39 is 5.97 Å². The van der Waals surface area contributed by atoms with Crippen molar-refractivity contribution >= 4 is 17.6 Å².